The van der Waals surface area contributed by atoms with Crippen LogP contribution >= 0.6 is 11.6 Å². The van der Waals surface area contributed by atoms with Gasteiger partial charge in [-0.3, -0.25) is 4.79 Å². The van der Waals surface area contributed by atoms with Gasteiger partial charge >= 0.3 is 0 Å². The lowest BCUT2D eigenvalue weighted by Gasteiger charge is -2.14. The van der Waals surface area contributed by atoms with Crippen LogP contribution in [0.1, 0.15) is 32.3 Å². The highest BCUT2D eigenvalue weighted by atomic mass is 35.5. The number of hydrogen-bond acceptors (Lipinski definition) is 2. The van der Waals surface area contributed by atoms with Crippen molar-refractivity contribution in [1.82, 2.24) is 5.32 Å². The minimum Gasteiger partial charge on any atom is -0.375 e. The first-order valence-electron chi connectivity index (χ1n) is 6.32. The molecular weight excluding hydrogens is 248 g/mol. The van der Waals surface area contributed by atoms with Crippen LogP contribution in [0.25, 0.3) is 0 Å². The largest absolute Gasteiger partial charge is 0.375 e. The Kier molecular flexibility index (Phi) is 5.99. The van der Waals surface area contributed by atoms with Gasteiger partial charge in [0.2, 0.25) is 5.91 Å². The Morgan fingerprint density at radius 1 is 1.44 bits per heavy atom. The van der Waals surface area contributed by atoms with E-state index in [1.807, 2.05) is 32.0 Å². The van der Waals surface area contributed by atoms with Gasteiger partial charge in [-0.05, 0) is 38.0 Å². The van der Waals surface area contributed by atoms with Gasteiger partial charge in [-0.2, -0.15) is 0 Å². The molecule has 2 N–H and O–H groups in total. The average molecular weight is 269 g/mol. The molecule has 0 fully saturated rings. The van der Waals surface area contributed by atoms with Crippen molar-refractivity contribution in [2.75, 3.05) is 11.9 Å². The quantitative estimate of drug-likeness (QED) is 0.831. The molecule has 0 aliphatic rings. The summed E-state index contributed by atoms with van der Waals surface area (Å²) in [5.41, 5.74) is 1.90. The first kappa shape index (κ1) is 14.8. The van der Waals surface area contributed by atoms with Gasteiger partial charge in [0.05, 0.1) is 17.3 Å². The molecule has 0 radical (unpaired) electrons. The zero-order valence-electron chi connectivity index (χ0n) is 11.2. The van der Waals surface area contributed by atoms with Crippen LogP contribution in [0, 0.1) is 6.92 Å². The minimum absolute atomic E-state index is 0.00686. The summed E-state index contributed by atoms with van der Waals surface area (Å²) in [7, 11) is 0. The summed E-state index contributed by atoms with van der Waals surface area (Å²) in [5, 5.41) is 6.62. The summed E-state index contributed by atoms with van der Waals surface area (Å²) in [6.07, 6.45) is 2.07. The van der Waals surface area contributed by atoms with Crippen molar-refractivity contribution in [3.63, 3.8) is 0 Å². The van der Waals surface area contributed by atoms with Crippen LogP contribution in [-0.4, -0.2) is 18.5 Å². The SMILES string of the molecule is CCCC(C)NC(=O)CNc1ccc(C)cc1Cl. The van der Waals surface area contributed by atoms with Crippen LogP contribution in [0.3, 0.4) is 0 Å². The van der Waals surface area contributed by atoms with Crippen LogP contribution in [0.4, 0.5) is 5.69 Å². The molecule has 1 aromatic carbocycles. The molecule has 1 atom stereocenters. The zero-order chi connectivity index (χ0) is 13.5. The number of carbonyl (C=O) groups excluding carboxylic acids is 1. The Morgan fingerprint density at radius 2 is 2.17 bits per heavy atom. The normalized spacial score (nSPS) is 12.0. The van der Waals surface area contributed by atoms with E-state index >= 15 is 0 Å². The summed E-state index contributed by atoms with van der Waals surface area (Å²) >= 11 is 6.07. The molecule has 18 heavy (non-hydrogen) atoms. The van der Waals surface area contributed by atoms with Crippen molar-refractivity contribution < 1.29 is 4.79 Å². The van der Waals surface area contributed by atoms with Crippen molar-refractivity contribution in [1.29, 1.82) is 0 Å². The number of rotatable bonds is 6. The third-order valence-corrected chi connectivity index (χ3v) is 3.01. The van der Waals surface area contributed by atoms with Gasteiger partial charge in [0.25, 0.3) is 0 Å². The second-order valence-electron chi connectivity index (χ2n) is 4.59. The van der Waals surface area contributed by atoms with E-state index in [2.05, 4.69) is 17.6 Å². The lowest BCUT2D eigenvalue weighted by molar-refractivity contribution is -0.120. The van der Waals surface area contributed by atoms with Crippen LogP contribution < -0.4 is 10.6 Å². The van der Waals surface area contributed by atoms with Gasteiger partial charge in [0.1, 0.15) is 0 Å². The molecule has 0 saturated heterocycles. The van der Waals surface area contributed by atoms with Crippen molar-refractivity contribution in [2.24, 2.45) is 0 Å². The number of nitrogens with one attached hydrogen (secondary N) is 2. The fraction of sp³-hybridized carbons (Fsp3) is 0.500. The van der Waals surface area contributed by atoms with E-state index in [1.54, 1.807) is 0 Å². The summed E-state index contributed by atoms with van der Waals surface area (Å²) in [5.74, 6) is -0.00686. The molecular formula is C14H21ClN2O. The highest BCUT2D eigenvalue weighted by molar-refractivity contribution is 6.33. The monoisotopic (exact) mass is 268 g/mol. The van der Waals surface area contributed by atoms with Gasteiger partial charge in [-0.1, -0.05) is 31.0 Å². The molecule has 1 unspecified atom stereocenters. The maximum atomic E-state index is 11.7. The van der Waals surface area contributed by atoms with Crippen molar-refractivity contribution in [3.05, 3.63) is 28.8 Å². The molecule has 1 rings (SSSR count). The Hall–Kier alpha value is -1.22. The molecule has 0 heterocycles. The van der Waals surface area contributed by atoms with E-state index in [0.717, 1.165) is 24.1 Å². The van der Waals surface area contributed by atoms with Gasteiger partial charge in [-0.25, -0.2) is 0 Å². The lowest BCUT2D eigenvalue weighted by atomic mass is 10.2. The van der Waals surface area contributed by atoms with Gasteiger partial charge in [-0.15, -0.1) is 0 Å². The number of amides is 1. The van der Waals surface area contributed by atoms with E-state index < -0.39 is 0 Å². The van der Waals surface area contributed by atoms with E-state index in [0.29, 0.717) is 5.02 Å². The molecule has 0 aliphatic carbocycles. The summed E-state index contributed by atoms with van der Waals surface area (Å²) in [6.45, 7) is 6.35. The Morgan fingerprint density at radius 3 is 2.78 bits per heavy atom. The van der Waals surface area contributed by atoms with Crippen molar-refractivity contribution >= 4 is 23.2 Å². The fourth-order valence-electron chi connectivity index (χ4n) is 1.77. The minimum atomic E-state index is -0.00686. The molecule has 1 amide bonds. The number of halogens is 1. The number of carbonyl (C=O) groups is 1. The first-order chi connectivity index (χ1) is 8.52. The van der Waals surface area contributed by atoms with Gasteiger partial charge in [0.15, 0.2) is 0 Å². The van der Waals surface area contributed by atoms with Crippen molar-refractivity contribution in [3.8, 4) is 0 Å². The molecule has 0 aromatic heterocycles. The Bertz CT molecular complexity index is 407. The first-order valence-corrected chi connectivity index (χ1v) is 6.70. The van der Waals surface area contributed by atoms with E-state index in [1.165, 1.54) is 0 Å². The van der Waals surface area contributed by atoms with Crippen LogP contribution in [0.15, 0.2) is 18.2 Å². The molecule has 4 heteroatoms. The highest BCUT2D eigenvalue weighted by Crippen LogP contribution is 2.22. The van der Waals surface area contributed by atoms with Crippen molar-refractivity contribution in [2.45, 2.75) is 39.7 Å². The van der Waals surface area contributed by atoms with E-state index in [-0.39, 0.29) is 18.5 Å². The average Bonchev–Trinajstić information content (AvgIpc) is 2.28. The molecule has 0 bridgehead atoms. The molecule has 3 nitrogen and oxygen atoms in total. The second-order valence-corrected chi connectivity index (χ2v) is 5.00. The standard InChI is InChI=1S/C14H21ClN2O/c1-4-5-11(3)17-14(18)9-16-13-7-6-10(2)8-12(13)15/h6-8,11,16H,4-5,9H2,1-3H3,(H,17,18). The predicted octanol–water partition coefficient (Wildman–Crippen LogP) is 3.37. The fourth-order valence-corrected chi connectivity index (χ4v) is 2.07. The summed E-state index contributed by atoms with van der Waals surface area (Å²) in [6, 6.07) is 5.95. The maximum Gasteiger partial charge on any atom is 0.239 e. The highest BCUT2D eigenvalue weighted by Gasteiger charge is 2.07. The third kappa shape index (κ3) is 4.96. The molecule has 0 spiro atoms. The van der Waals surface area contributed by atoms with Crippen LogP contribution in [0.5, 0.6) is 0 Å². The zero-order valence-corrected chi connectivity index (χ0v) is 12.0. The number of aryl methyl sites for hydroxylation is 1. The third-order valence-electron chi connectivity index (χ3n) is 2.69. The van der Waals surface area contributed by atoms with Gasteiger partial charge in [0, 0.05) is 6.04 Å². The lowest BCUT2D eigenvalue weighted by Crippen LogP contribution is -2.36. The molecule has 1 aromatic rings. The topological polar surface area (TPSA) is 41.1 Å². The van der Waals surface area contributed by atoms with Crippen LogP contribution in [0.2, 0.25) is 5.02 Å². The predicted molar refractivity (Wildman–Crippen MR) is 77.2 cm³/mol. The second kappa shape index (κ2) is 7.27. The Labute approximate surface area is 114 Å². The molecule has 0 saturated carbocycles. The maximum absolute atomic E-state index is 11.7. The summed E-state index contributed by atoms with van der Waals surface area (Å²) in [4.78, 5) is 11.7. The van der Waals surface area contributed by atoms with E-state index in [4.69, 9.17) is 11.6 Å². The smallest absolute Gasteiger partial charge is 0.239 e. The number of benzene rings is 1. The Balaban J connectivity index is 2.42. The van der Waals surface area contributed by atoms with E-state index in [9.17, 15) is 4.79 Å². The van der Waals surface area contributed by atoms with Crippen LogP contribution in [-0.2, 0) is 4.79 Å². The molecule has 0 aliphatic heterocycles. The molecule has 100 valence electrons. The number of hydrogen-bond donors (Lipinski definition) is 2. The summed E-state index contributed by atoms with van der Waals surface area (Å²) < 4.78 is 0. The van der Waals surface area contributed by atoms with Gasteiger partial charge < -0.3 is 10.6 Å². The number of anilines is 1.